The van der Waals surface area contributed by atoms with Gasteiger partial charge in [0.05, 0.1) is 0 Å². The lowest BCUT2D eigenvalue weighted by Gasteiger charge is -2.24. The number of hydrogen-bond acceptors (Lipinski definition) is 1. The molecule has 0 aromatic heterocycles. The molecule has 2 heteroatoms. The molecule has 0 bridgehead atoms. The SMILES string of the molecule is C[SiH](C)C1CCCOC1. The quantitative estimate of drug-likeness (QED) is 0.509. The van der Waals surface area contributed by atoms with Crippen molar-refractivity contribution in [1.29, 1.82) is 0 Å². The van der Waals surface area contributed by atoms with Crippen LogP contribution in [-0.4, -0.2) is 22.0 Å². The van der Waals surface area contributed by atoms with E-state index in [0.717, 1.165) is 18.8 Å². The van der Waals surface area contributed by atoms with E-state index in [1.807, 2.05) is 0 Å². The Hall–Kier alpha value is 0.177. The predicted molar refractivity (Wildman–Crippen MR) is 42.7 cm³/mol. The summed E-state index contributed by atoms with van der Waals surface area (Å²) in [5, 5.41) is 0. The van der Waals surface area contributed by atoms with E-state index in [2.05, 4.69) is 13.1 Å². The van der Waals surface area contributed by atoms with E-state index in [-0.39, 0.29) is 8.80 Å². The normalized spacial score (nSPS) is 29.0. The Bertz CT molecular complexity index is 77.0. The van der Waals surface area contributed by atoms with Gasteiger partial charge >= 0.3 is 0 Å². The summed E-state index contributed by atoms with van der Waals surface area (Å²) >= 11 is 0. The Kier molecular flexibility index (Phi) is 2.73. The Labute approximate surface area is 59.0 Å². The molecule has 1 atom stereocenters. The summed E-state index contributed by atoms with van der Waals surface area (Å²) in [5.41, 5.74) is 0.971. The van der Waals surface area contributed by atoms with E-state index < -0.39 is 0 Å². The van der Waals surface area contributed by atoms with Crippen LogP contribution in [0.25, 0.3) is 0 Å². The van der Waals surface area contributed by atoms with Crippen LogP contribution in [0.5, 0.6) is 0 Å². The molecule has 0 aromatic rings. The molecule has 1 unspecified atom stereocenters. The predicted octanol–water partition coefficient (Wildman–Crippen LogP) is 1.65. The molecule has 0 amide bonds. The van der Waals surface area contributed by atoms with Gasteiger partial charge in [-0.05, 0) is 18.4 Å². The minimum Gasteiger partial charge on any atom is -0.381 e. The van der Waals surface area contributed by atoms with Crippen LogP contribution in [0.3, 0.4) is 0 Å². The van der Waals surface area contributed by atoms with E-state index in [9.17, 15) is 0 Å². The van der Waals surface area contributed by atoms with Crippen LogP contribution >= 0.6 is 0 Å². The van der Waals surface area contributed by atoms with Gasteiger partial charge in [-0.25, -0.2) is 0 Å². The first-order valence-corrected chi connectivity index (χ1v) is 6.86. The van der Waals surface area contributed by atoms with E-state index >= 15 is 0 Å². The van der Waals surface area contributed by atoms with Crippen molar-refractivity contribution in [3.8, 4) is 0 Å². The third-order valence-electron chi connectivity index (χ3n) is 2.14. The minimum atomic E-state index is -0.377. The lowest BCUT2D eigenvalue weighted by molar-refractivity contribution is 0.0960. The monoisotopic (exact) mass is 144 g/mol. The highest BCUT2D eigenvalue weighted by Gasteiger charge is 2.17. The van der Waals surface area contributed by atoms with Gasteiger partial charge in [-0.3, -0.25) is 0 Å². The van der Waals surface area contributed by atoms with Gasteiger partial charge in [0.25, 0.3) is 0 Å². The first-order chi connectivity index (χ1) is 4.30. The maximum Gasteiger partial charge on any atom is 0.0467 e. The zero-order valence-corrected chi connectivity index (χ0v) is 7.55. The molecule has 0 aromatic carbocycles. The van der Waals surface area contributed by atoms with Gasteiger partial charge in [-0.15, -0.1) is 0 Å². The zero-order chi connectivity index (χ0) is 6.69. The van der Waals surface area contributed by atoms with Gasteiger partial charge in [0.2, 0.25) is 0 Å². The van der Waals surface area contributed by atoms with Crippen molar-refractivity contribution >= 4 is 8.80 Å². The molecule has 9 heavy (non-hydrogen) atoms. The van der Waals surface area contributed by atoms with Gasteiger partial charge in [0.15, 0.2) is 0 Å². The third kappa shape index (κ3) is 2.10. The Morgan fingerprint density at radius 3 is 2.56 bits per heavy atom. The highest BCUT2D eigenvalue weighted by Crippen LogP contribution is 2.21. The van der Waals surface area contributed by atoms with E-state index in [0.29, 0.717) is 0 Å². The molecule has 0 saturated carbocycles. The number of ether oxygens (including phenoxy) is 1. The lowest BCUT2D eigenvalue weighted by atomic mass is 10.2. The average molecular weight is 144 g/mol. The van der Waals surface area contributed by atoms with Gasteiger partial charge < -0.3 is 4.74 Å². The molecule has 0 aliphatic carbocycles. The molecule has 0 radical (unpaired) electrons. The summed E-state index contributed by atoms with van der Waals surface area (Å²) in [6.45, 7) is 6.90. The molecule has 0 N–H and O–H groups in total. The van der Waals surface area contributed by atoms with E-state index in [1.165, 1.54) is 12.8 Å². The average Bonchev–Trinajstić information content (AvgIpc) is 1.90. The molecule has 1 aliphatic heterocycles. The fourth-order valence-corrected chi connectivity index (χ4v) is 2.71. The fourth-order valence-electron chi connectivity index (χ4n) is 1.29. The van der Waals surface area contributed by atoms with Gasteiger partial charge in [-0.1, -0.05) is 13.1 Å². The smallest absolute Gasteiger partial charge is 0.0467 e. The van der Waals surface area contributed by atoms with E-state index in [1.54, 1.807) is 0 Å². The first-order valence-electron chi connectivity index (χ1n) is 3.88. The topological polar surface area (TPSA) is 9.23 Å². The van der Waals surface area contributed by atoms with Gasteiger partial charge in [-0.2, -0.15) is 0 Å². The standard InChI is InChI=1S/C7H16OSi/c1-9(2)7-4-3-5-8-6-7/h7,9H,3-6H2,1-2H3. The summed E-state index contributed by atoms with van der Waals surface area (Å²) in [5.74, 6) is 0. The van der Waals surface area contributed by atoms with Crippen LogP contribution < -0.4 is 0 Å². The molecule has 1 fully saturated rings. The molecule has 0 spiro atoms. The molecule has 1 heterocycles. The third-order valence-corrected chi connectivity index (χ3v) is 4.55. The van der Waals surface area contributed by atoms with E-state index in [4.69, 9.17) is 4.74 Å². The van der Waals surface area contributed by atoms with Crippen LogP contribution in [0.2, 0.25) is 18.6 Å². The van der Waals surface area contributed by atoms with Crippen molar-refractivity contribution in [2.45, 2.75) is 31.5 Å². The summed E-state index contributed by atoms with van der Waals surface area (Å²) in [4.78, 5) is 0. The van der Waals surface area contributed by atoms with Crippen molar-refractivity contribution < 1.29 is 4.74 Å². The first kappa shape index (κ1) is 7.29. The van der Waals surface area contributed by atoms with Crippen molar-refractivity contribution in [2.75, 3.05) is 13.2 Å². The highest BCUT2D eigenvalue weighted by molar-refractivity contribution is 6.57. The van der Waals surface area contributed by atoms with Gasteiger partial charge in [0.1, 0.15) is 0 Å². The number of hydrogen-bond donors (Lipinski definition) is 0. The molecular formula is C7H16OSi. The molecule has 1 saturated heterocycles. The Balaban J connectivity index is 2.23. The molecule has 1 nitrogen and oxygen atoms in total. The second-order valence-corrected chi connectivity index (χ2v) is 6.65. The summed E-state index contributed by atoms with van der Waals surface area (Å²) < 4.78 is 5.38. The maximum atomic E-state index is 5.38. The maximum absolute atomic E-state index is 5.38. The highest BCUT2D eigenvalue weighted by atomic mass is 28.3. The van der Waals surface area contributed by atoms with Crippen LogP contribution in [0, 0.1) is 0 Å². The Morgan fingerprint density at radius 1 is 1.44 bits per heavy atom. The second-order valence-electron chi connectivity index (χ2n) is 3.22. The van der Waals surface area contributed by atoms with Gasteiger partial charge in [0, 0.05) is 22.0 Å². The molecular weight excluding hydrogens is 128 g/mol. The minimum absolute atomic E-state index is 0.377. The van der Waals surface area contributed by atoms with Crippen molar-refractivity contribution in [3.63, 3.8) is 0 Å². The largest absolute Gasteiger partial charge is 0.381 e. The van der Waals surface area contributed by atoms with Crippen LogP contribution in [-0.2, 0) is 4.74 Å². The summed E-state index contributed by atoms with van der Waals surface area (Å²) in [6.07, 6.45) is 2.74. The molecule has 1 aliphatic rings. The van der Waals surface area contributed by atoms with Crippen molar-refractivity contribution in [2.24, 2.45) is 0 Å². The zero-order valence-electron chi connectivity index (χ0n) is 6.39. The molecule has 54 valence electrons. The fraction of sp³-hybridized carbons (Fsp3) is 1.00. The van der Waals surface area contributed by atoms with Crippen LogP contribution in [0.4, 0.5) is 0 Å². The number of rotatable bonds is 1. The van der Waals surface area contributed by atoms with Crippen molar-refractivity contribution in [3.05, 3.63) is 0 Å². The van der Waals surface area contributed by atoms with Crippen molar-refractivity contribution in [1.82, 2.24) is 0 Å². The van der Waals surface area contributed by atoms with Crippen LogP contribution in [0.15, 0.2) is 0 Å². The summed E-state index contributed by atoms with van der Waals surface area (Å²) in [7, 11) is -0.377. The van der Waals surface area contributed by atoms with Crippen LogP contribution in [0.1, 0.15) is 12.8 Å². The lowest BCUT2D eigenvalue weighted by Crippen LogP contribution is -2.22. The molecule has 1 rings (SSSR count). The Morgan fingerprint density at radius 2 is 2.22 bits per heavy atom. The summed E-state index contributed by atoms with van der Waals surface area (Å²) in [6, 6.07) is 0. The second kappa shape index (κ2) is 3.37.